The predicted octanol–water partition coefficient (Wildman–Crippen LogP) is -6.69. The van der Waals surface area contributed by atoms with Crippen LogP contribution in [0.1, 0.15) is 60.8 Å². The maximum absolute atomic E-state index is 8.49. The summed E-state index contributed by atoms with van der Waals surface area (Å²) in [6.07, 6.45) is 3.04. The normalized spacial score (nSPS) is 20.3. The predicted molar refractivity (Wildman–Crippen MR) is 94.0 cm³/mol. The van der Waals surface area contributed by atoms with Crippen molar-refractivity contribution in [3.63, 3.8) is 0 Å². The van der Waals surface area contributed by atoms with E-state index < -0.39 is 20.5 Å². The van der Waals surface area contributed by atoms with Crippen LogP contribution in [0, 0.1) is 20.5 Å². The minimum absolute atomic E-state index is 0. The SMILES string of the molecule is CC1=NCCCN=C(C)CC(C)(C)NCCNC(C)(C)C1.[Ni+2].[O-][Cl+3]([O-])([O-])[O-].[O-][Cl+3]([O-])([O-])[O-]. The molecule has 0 saturated heterocycles. The second-order valence-electron chi connectivity index (χ2n) is 8.32. The Morgan fingerprint density at radius 1 is 0.656 bits per heavy atom. The van der Waals surface area contributed by atoms with E-state index in [1.807, 2.05) is 0 Å². The fourth-order valence-electron chi connectivity index (χ4n) is 2.93. The molecular formula is C17H34Cl2N4NiO8. The minimum Gasteiger partial charge on any atom is -0.310 e. The zero-order chi connectivity index (χ0) is 24.9. The Kier molecular flexibility index (Phi) is 19.0. The van der Waals surface area contributed by atoms with E-state index in [9.17, 15) is 0 Å². The molecule has 0 spiro atoms. The van der Waals surface area contributed by atoms with Crippen LogP contribution in [0.2, 0.25) is 0 Å². The molecule has 15 heteroatoms. The van der Waals surface area contributed by atoms with Gasteiger partial charge in [-0.25, -0.2) is 37.3 Å². The fourth-order valence-corrected chi connectivity index (χ4v) is 2.93. The Labute approximate surface area is 204 Å². The second kappa shape index (κ2) is 16.6. The largest absolute Gasteiger partial charge is 2.00 e. The third kappa shape index (κ3) is 34.6. The monoisotopic (exact) mass is 550 g/mol. The van der Waals surface area contributed by atoms with Gasteiger partial charge in [0.25, 0.3) is 0 Å². The van der Waals surface area contributed by atoms with Crippen LogP contribution < -0.4 is 47.9 Å². The van der Waals surface area contributed by atoms with Gasteiger partial charge < -0.3 is 10.6 Å². The summed E-state index contributed by atoms with van der Waals surface area (Å²) >= 11 is 0. The molecule has 1 aliphatic heterocycles. The molecule has 0 amide bonds. The van der Waals surface area contributed by atoms with Gasteiger partial charge in [0.05, 0.1) is 0 Å². The van der Waals surface area contributed by atoms with Gasteiger partial charge in [0.15, 0.2) is 0 Å². The summed E-state index contributed by atoms with van der Waals surface area (Å²) in [7, 11) is -9.89. The Morgan fingerprint density at radius 3 is 1.16 bits per heavy atom. The number of nitrogens with zero attached hydrogens (tertiary/aromatic N) is 2. The molecule has 194 valence electrons. The molecule has 1 rings (SSSR count). The quantitative estimate of drug-likeness (QED) is 0.270. The molecule has 32 heavy (non-hydrogen) atoms. The van der Waals surface area contributed by atoms with Crippen molar-refractivity contribution in [1.82, 2.24) is 10.6 Å². The molecule has 1 aliphatic rings. The van der Waals surface area contributed by atoms with Crippen molar-refractivity contribution in [3.8, 4) is 0 Å². The molecule has 0 aromatic rings. The van der Waals surface area contributed by atoms with Gasteiger partial charge in [-0.05, 0) is 48.0 Å². The number of hydrogen-bond acceptors (Lipinski definition) is 12. The summed E-state index contributed by atoms with van der Waals surface area (Å²) < 4.78 is 67.9. The second-order valence-corrected chi connectivity index (χ2v) is 9.83. The molecule has 0 aromatic carbocycles. The molecular weight excluding hydrogens is 518 g/mol. The molecule has 0 atom stereocenters. The van der Waals surface area contributed by atoms with Crippen LogP contribution in [0.4, 0.5) is 0 Å². The van der Waals surface area contributed by atoms with Crippen molar-refractivity contribution in [2.75, 3.05) is 26.2 Å². The van der Waals surface area contributed by atoms with E-state index in [-0.39, 0.29) is 27.6 Å². The van der Waals surface area contributed by atoms with E-state index in [1.54, 1.807) is 0 Å². The maximum atomic E-state index is 8.49. The minimum atomic E-state index is -4.94. The maximum Gasteiger partial charge on any atom is 2.00 e. The summed E-state index contributed by atoms with van der Waals surface area (Å²) in [5, 5.41) is 7.27. The number of nitrogens with one attached hydrogen (secondary N) is 2. The van der Waals surface area contributed by atoms with Gasteiger partial charge in [0.1, 0.15) is 0 Å². The molecule has 0 aromatic heterocycles. The van der Waals surface area contributed by atoms with Crippen LogP contribution in [-0.4, -0.2) is 48.7 Å². The number of hydrogen-bond donors (Lipinski definition) is 2. The molecule has 0 aliphatic carbocycles. The molecule has 0 saturated carbocycles. The van der Waals surface area contributed by atoms with E-state index in [1.165, 1.54) is 11.4 Å². The van der Waals surface area contributed by atoms with E-state index >= 15 is 0 Å². The van der Waals surface area contributed by atoms with Crippen molar-refractivity contribution in [2.24, 2.45) is 9.98 Å². The molecule has 0 bridgehead atoms. The van der Waals surface area contributed by atoms with Gasteiger partial charge in [-0.1, -0.05) is 0 Å². The zero-order valence-corrected chi connectivity index (χ0v) is 21.7. The van der Waals surface area contributed by atoms with Gasteiger partial charge >= 0.3 is 16.5 Å². The van der Waals surface area contributed by atoms with Gasteiger partial charge in [0, 0.05) is 61.5 Å². The molecule has 0 radical (unpaired) electrons. The van der Waals surface area contributed by atoms with Gasteiger partial charge in [-0.15, -0.1) is 20.5 Å². The van der Waals surface area contributed by atoms with Gasteiger partial charge in [-0.3, -0.25) is 9.98 Å². The standard InChI is InChI=1S/C17H34N4.2ClHO4.Ni/c1-14-12-16(3,4)20-10-11-21-17(5,6)13-15(2)19-9-7-8-18-14;2*2-1(3,4)5;/h20-21H,7-13H2,1-6H3;2*(H,2,3,4,5);/q;;;+2/p-2. The van der Waals surface area contributed by atoms with E-state index in [0.29, 0.717) is 0 Å². The first-order valence-corrected chi connectivity index (χ1v) is 11.9. The van der Waals surface area contributed by atoms with Crippen molar-refractivity contribution in [2.45, 2.75) is 71.9 Å². The van der Waals surface area contributed by atoms with Gasteiger partial charge in [-0.2, -0.15) is 0 Å². The Bertz CT molecular complexity index is 508. The van der Waals surface area contributed by atoms with Crippen LogP contribution in [0.5, 0.6) is 0 Å². The average Bonchev–Trinajstić information content (AvgIpc) is 2.46. The number of rotatable bonds is 0. The summed E-state index contributed by atoms with van der Waals surface area (Å²) in [5.74, 6) is 0. The summed E-state index contributed by atoms with van der Waals surface area (Å²) in [4.78, 5) is 9.35. The first kappa shape index (κ1) is 36.6. The van der Waals surface area contributed by atoms with Crippen molar-refractivity contribution in [1.29, 1.82) is 0 Å². The first-order chi connectivity index (χ1) is 13.7. The number of halogens is 2. The van der Waals surface area contributed by atoms with E-state index in [0.717, 1.165) is 45.4 Å². The molecule has 0 unspecified atom stereocenters. The van der Waals surface area contributed by atoms with E-state index in [2.05, 4.69) is 62.2 Å². The van der Waals surface area contributed by atoms with Crippen LogP contribution in [0.15, 0.2) is 9.98 Å². The summed E-state index contributed by atoms with van der Waals surface area (Å²) in [6, 6.07) is 0. The fraction of sp³-hybridized carbons (Fsp3) is 0.882. The summed E-state index contributed by atoms with van der Waals surface area (Å²) in [6.45, 7) is 17.0. The van der Waals surface area contributed by atoms with Crippen LogP contribution in [0.3, 0.4) is 0 Å². The van der Waals surface area contributed by atoms with Crippen molar-refractivity contribution >= 4 is 11.4 Å². The summed E-state index contributed by atoms with van der Waals surface area (Å²) in [5.41, 5.74) is 2.67. The molecule has 2 N–H and O–H groups in total. The van der Waals surface area contributed by atoms with Crippen molar-refractivity contribution in [3.05, 3.63) is 0 Å². The number of aliphatic imine (C=N–C) groups is 2. The zero-order valence-electron chi connectivity index (χ0n) is 19.2. The van der Waals surface area contributed by atoms with Crippen LogP contribution >= 0.6 is 0 Å². The van der Waals surface area contributed by atoms with Crippen LogP contribution in [0.25, 0.3) is 0 Å². The van der Waals surface area contributed by atoms with Crippen molar-refractivity contribution < 1.29 is 74.2 Å². The van der Waals surface area contributed by atoms with Gasteiger partial charge in [0.2, 0.25) is 0 Å². The Hall–Kier alpha value is 0.0135. The van der Waals surface area contributed by atoms with E-state index in [4.69, 9.17) is 37.3 Å². The first-order valence-electron chi connectivity index (χ1n) is 9.44. The molecule has 1 heterocycles. The average molecular weight is 552 g/mol. The molecule has 0 fully saturated rings. The van der Waals surface area contributed by atoms with Crippen LogP contribution in [-0.2, 0) is 16.5 Å². The molecule has 12 nitrogen and oxygen atoms in total. The third-order valence-corrected chi connectivity index (χ3v) is 3.81. The Morgan fingerprint density at radius 2 is 0.906 bits per heavy atom. The third-order valence-electron chi connectivity index (χ3n) is 3.81. The Balaban J connectivity index is -0.000000640. The smallest absolute Gasteiger partial charge is 0.310 e. The topological polar surface area (TPSA) is 233 Å².